The molecule has 3 N–H and O–H groups in total. The van der Waals surface area contributed by atoms with Crippen molar-refractivity contribution in [3.05, 3.63) is 23.8 Å². The van der Waals surface area contributed by atoms with E-state index in [0.29, 0.717) is 18.0 Å². The van der Waals surface area contributed by atoms with Crippen LogP contribution < -0.4 is 15.2 Å². The van der Waals surface area contributed by atoms with Crippen LogP contribution in [-0.2, 0) is 5.41 Å². The van der Waals surface area contributed by atoms with Crippen molar-refractivity contribution in [2.45, 2.75) is 11.8 Å². The Morgan fingerprint density at radius 1 is 1.35 bits per heavy atom. The number of hydrogen-bond donors (Lipinski definition) is 2. The Bertz CT molecular complexity index is 408. The summed E-state index contributed by atoms with van der Waals surface area (Å²) in [6.07, 6.45) is 0.940. The third-order valence-electron chi connectivity index (χ3n) is 3.78. The summed E-state index contributed by atoms with van der Waals surface area (Å²) < 4.78 is 10.5. The molecule has 2 unspecified atom stereocenters. The number of methoxy groups -OCH3 is 2. The highest BCUT2D eigenvalue weighted by Crippen LogP contribution is 2.54. The van der Waals surface area contributed by atoms with Crippen LogP contribution in [-0.4, -0.2) is 32.5 Å². The number of nitrogens with two attached hydrogens (primary N) is 1. The first-order chi connectivity index (χ1) is 8.21. The third kappa shape index (κ3) is 1.87. The normalized spacial score (nSPS) is 26.7. The Morgan fingerprint density at radius 3 is 2.53 bits per heavy atom. The van der Waals surface area contributed by atoms with Gasteiger partial charge in [0, 0.05) is 18.6 Å². The van der Waals surface area contributed by atoms with Gasteiger partial charge in [-0.05, 0) is 30.0 Å². The molecule has 1 aliphatic carbocycles. The summed E-state index contributed by atoms with van der Waals surface area (Å²) in [5.41, 5.74) is 6.89. The number of benzene rings is 1. The van der Waals surface area contributed by atoms with Crippen molar-refractivity contribution in [3.63, 3.8) is 0 Å². The highest BCUT2D eigenvalue weighted by Gasteiger charge is 2.53. The first kappa shape index (κ1) is 12.2. The molecule has 1 aromatic carbocycles. The van der Waals surface area contributed by atoms with Gasteiger partial charge in [0.05, 0.1) is 14.2 Å². The largest absolute Gasteiger partial charge is 0.493 e. The number of ether oxygens (including phenoxy) is 2. The summed E-state index contributed by atoms with van der Waals surface area (Å²) in [5.74, 6) is 1.69. The standard InChI is InChI=1S/C13H19NO3/c1-16-11-4-3-9(5-12(11)17-2)13(8-14)6-10(13)7-15/h3-5,10,15H,6-8,14H2,1-2H3. The van der Waals surface area contributed by atoms with Crippen LogP contribution in [0.15, 0.2) is 18.2 Å². The fraction of sp³-hybridized carbons (Fsp3) is 0.538. The smallest absolute Gasteiger partial charge is 0.161 e. The minimum Gasteiger partial charge on any atom is -0.493 e. The summed E-state index contributed by atoms with van der Waals surface area (Å²) in [6.45, 7) is 0.735. The number of aliphatic hydroxyl groups is 1. The molecule has 1 fully saturated rings. The van der Waals surface area contributed by atoms with Crippen LogP contribution in [0.5, 0.6) is 11.5 Å². The van der Waals surface area contributed by atoms with Crippen molar-refractivity contribution in [3.8, 4) is 11.5 Å². The fourth-order valence-corrected chi connectivity index (χ4v) is 2.49. The first-order valence-electron chi connectivity index (χ1n) is 5.75. The zero-order valence-corrected chi connectivity index (χ0v) is 10.3. The summed E-state index contributed by atoms with van der Waals surface area (Å²) in [5, 5.41) is 9.25. The lowest BCUT2D eigenvalue weighted by Crippen LogP contribution is -2.23. The Morgan fingerprint density at radius 2 is 2.06 bits per heavy atom. The molecular weight excluding hydrogens is 218 g/mol. The van der Waals surface area contributed by atoms with E-state index in [9.17, 15) is 5.11 Å². The first-order valence-corrected chi connectivity index (χ1v) is 5.75. The molecule has 17 heavy (non-hydrogen) atoms. The zero-order chi connectivity index (χ0) is 12.5. The van der Waals surface area contributed by atoms with Gasteiger partial charge in [0.15, 0.2) is 11.5 Å². The lowest BCUT2D eigenvalue weighted by atomic mass is 9.93. The van der Waals surface area contributed by atoms with Crippen LogP contribution in [0.3, 0.4) is 0 Å². The van der Waals surface area contributed by atoms with Gasteiger partial charge in [-0.3, -0.25) is 0 Å². The molecule has 1 aliphatic rings. The number of aliphatic hydroxyl groups excluding tert-OH is 1. The maximum absolute atomic E-state index is 9.25. The van der Waals surface area contributed by atoms with Gasteiger partial charge in [0.2, 0.25) is 0 Å². The Balaban J connectivity index is 2.34. The van der Waals surface area contributed by atoms with Crippen molar-refractivity contribution in [1.82, 2.24) is 0 Å². The molecule has 4 nitrogen and oxygen atoms in total. The summed E-state index contributed by atoms with van der Waals surface area (Å²) in [6, 6.07) is 5.85. The van der Waals surface area contributed by atoms with E-state index in [-0.39, 0.29) is 17.9 Å². The van der Waals surface area contributed by atoms with Crippen LogP contribution in [0, 0.1) is 5.92 Å². The van der Waals surface area contributed by atoms with Gasteiger partial charge >= 0.3 is 0 Å². The molecule has 0 bridgehead atoms. The van der Waals surface area contributed by atoms with Gasteiger partial charge in [-0.25, -0.2) is 0 Å². The zero-order valence-electron chi connectivity index (χ0n) is 10.3. The van der Waals surface area contributed by atoms with Crippen LogP contribution in [0.25, 0.3) is 0 Å². The van der Waals surface area contributed by atoms with Crippen molar-refractivity contribution >= 4 is 0 Å². The van der Waals surface area contributed by atoms with E-state index >= 15 is 0 Å². The SMILES string of the molecule is COc1ccc(C2(CN)CC2CO)cc1OC. The van der Waals surface area contributed by atoms with Crippen LogP contribution >= 0.6 is 0 Å². The minimum atomic E-state index is -0.0751. The molecule has 0 radical (unpaired) electrons. The Kier molecular flexibility index (Phi) is 3.26. The summed E-state index contributed by atoms with van der Waals surface area (Å²) in [7, 11) is 3.23. The highest BCUT2D eigenvalue weighted by molar-refractivity contribution is 5.47. The van der Waals surface area contributed by atoms with E-state index in [0.717, 1.165) is 12.0 Å². The molecule has 2 atom stereocenters. The van der Waals surface area contributed by atoms with E-state index in [1.54, 1.807) is 14.2 Å². The lowest BCUT2D eigenvalue weighted by molar-refractivity contribution is 0.264. The van der Waals surface area contributed by atoms with E-state index in [1.165, 1.54) is 0 Å². The summed E-state index contributed by atoms with van der Waals surface area (Å²) >= 11 is 0. The Labute approximate surface area is 101 Å². The second-order valence-corrected chi connectivity index (χ2v) is 4.51. The van der Waals surface area contributed by atoms with Gasteiger partial charge < -0.3 is 20.3 Å². The van der Waals surface area contributed by atoms with Gasteiger partial charge in [-0.15, -0.1) is 0 Å². The van der Waals surface area contributed by atoms with E-state index < -0.39 is 0 Å². The van der Waals surface area contributed by atoms with Gasteiger partial charge in [-0.1, -0.05) is 6.07 Å². The predicted octanol–water partition coefficient (Wildman–Crippen LogP) is 0.912. The molecule has 0 aromatic heterocycles. The molecule has 2 rings (SSSR count). The van der Waals surface area contributed by atoms with Crippen molar-refractivity contribution in [2.24, 2.45) is 11.7 Å². The third-order valence-corrected chi connectivity index (χ3v) is 3.78. The summed E-state index contributed by atoms with van der Waals surface area (Å²) in [4.78, 5) is 0. The maximum Gasteiger partial charge on any atom is 0.161 e. The highest BCUT2D eigenvalue weighted by atomic mass is 16.5. The second kappa shape index (κ2) is 4.55. The number of hydrogen-bond acceptors (Lipinski definition) is 4. The van der Waals surface area contributed by atoms with Gasteiger partial charge in [0.25, 0.3) is 0 Å². The molecule has 0 aliphatic heterocycles. The molecule has 1 saturated carbocycles. The maximum atomic E-state index is 9.25. The lowest BCUT2D eigenvalue weighted by Gasteiger charge is -2.17. The van der Waals surface area contributed by atoms with Crippen molar-refractivity contribution < 1.29 is 14.6 Å². The molecule has 0 spiro atoms. The molecule has 0 heterocycles. The molecule has 0 amide bonds. The second-order valence-electron chi connectivity index (χ2n) is 4.51. The molecule has 94 valence electrons. The average molecular weight is 237 g/mol. The van der Waals surface area contributed by atoms with E-state index in [4.69, 9.17) is 15.2 Å². The predicted molar refractivity (Wildman–Crippen MR) is 65.5 cm³/mol. The average Bonchev–Trinajstić information content (AvgIpc) is 3.13. The molecule has 4 heteroatoms. The molecule has 1 aromatic rings. The van der Waals surface area contributed by atoms with Crippen LogP contribution in [0.4, 0.5) is 0 Å². The fourth-order valence-electron chi connectivity index (χ4n) is 2.49. The number of rotatable bonds is 5. The van der Waals surface area contributed by atoms with Gasteiger partial charge in [-0.2, -0.15) is 0 Å². The van der Waals surface area contributed by atoms with Crippen LogP contribution in [0.1, 0.15) is 12.0 Å². The van der Waals surface area contributed by atoms with Crippen molar-refractivity contribution in [2.75, 3.05) is 27.4 Å². The van der Waals surface area contributed by atoms with E-state index in [2.05, 4.69) is 0 Å². The van der Waals surface area contributed by atoms with Crippen LogP contribution in [0.2, 0.25) is 0 Å². The molecular formula is C13H19NO3. The van der Waals surface area contributed by atoms with E-state index in [1.807, 2.05) is 18.2 Å². The monoisotopic (exact) mass is 237 g/mol. The quantitative estimate of drug-likeness (QED) is 0.799. The Hall–Kier alpha value is -1.26. The topological polar surface area (TPSA) is 64.7 Å². The minimum absolute atomic E-state index is 0.0751. The van der Waals surface area contributed by atoms with Crippen molar-refractivity contribution in [1.29, 1.82) is 0 Å². The molecule has 0 saturated heterocycles. The van der Waals surface area contributed by atoms with Gasteiger partial charge in [0.1, 0.15) is 0 Å².